The molecule has 4 heteroatoms. The van der Waals surface area contributed by atoms with Crippen molar-refractivity contribution in [2.45, 2.75) is 38.2 Å². The fourth-order valence-electron chi connectivity index (χ4n) is 1.55. The molecule has 2 rings (SSSR count). The van der Waals surface area contributed by atoms with Gasteiger partial charge < -0.3 is 0 Å². The molecule has 1 aromatic heterocycles. The number of aromatic nitrogens is 2. The van der Waals surface area contributed by atoms with E-state index < -0.39 is 0 Å². The summed E-state index contributed by atoms with van der Waals surface area (Å²) >= 11 is 0.256. The maximum absolute atomic E-state index is 9.46. The van der Waals surface area contributed by atoms with Crippen molar-refractivity contribution in [1.82, 2.24) is 9.19 Å². The van der Waals surface area contributed by atoms with Gasteiger partial charge in [0.1, 0.15) is 0 Å². The Kier molecular flexibility index (Phi) is 2.59. The van der Waals surface area contributed by atoms with E-state index in [1.54, 1.807) is 0 Å². The zero-order chi connectivity index (χ0) is 8.39. The molecule has 0 saturated carbocycles. The van der Waals surface area contributed by atoms with Gasteiger partial charge in [0.25, 0.3) is 0 Å². The number of aliphatic hydroxyl groups excluding tert-OH is 1. The van der Waals surface area contributed by atoms with Gasteiger partial charge >= 0.3 is 77.4 Å². The van der Waals surface area contributed by atoms with Crippen LogP contribution in [0.4, 0.5) is 0 Å². The molecule has 12 heavy (non-hydrogen) atoms. The van der Waals surface area contributed by atoms with Crippen molar-refractivity contribution in [3.05, 3.63) is 10.1 Å². The third-order valence-electron chi connectivity index (χ3n) is 2.29. The predicted octanol–water partition coefficient (Wildman–Crippen LogP) is 0.163. The predicted molar refractivity (Wildman–Crippen MR) is 46.2 cm³/mol. The van der Waals surface area contributed by atoms with Crippen LogP contribution in [0.15, 0.2) is 0 Å². The summed E-state index contributed by atoms with van der Waals surface area (Å²) in [6.07, 6.45) is 4.86. The summed E-state index contributed by atoms with van der Waals surface area (Å²) in [7, 11) is 0. The van der Waals surface area contributed by atoms with Gasteiger partial charge in [-0.05, 0) is 0 Å². The van der Waals surface area contributed by atoms with E-state index in [4.69, 9.17) is 0 Å². The van der Waals surface area contributed by atoms with Crippen LogP contribution in [0.25, 0.3) is 0 Å². The first kappa shape index (κ1) is 8.42. The fourth-order valence-corrected chi connectivity index (χ4v) is 3.01. The second-order valence-electron chi connectivity index (χ2n) is 3.23. The Morgan fingerprint density at radius 3 is 3.17 bits per heavy atom. The molecule has 3 nitrogen and oxygen atoms in total. The van der Waals surface area contributed by atoms with Crippen LogP contribution in [0, 0.1) is 0 Å². The molecule has 1 N–H and O–H groups in total. The first-order chi connectivity index (χ1) is 5.86. The summed E-state index contributed by atoms with van der Waals surface area (Å²) in [6, 6.07) is 0. The van der Waals surface area contributed by atoms with Crippen LogP contribution in [-0.4, -0.2) is 35.1 Å². The Morgan fingerprint density at radius 2 is 2.25 bits per heavy atom. The zero-order valence-electron chi connectivity index (χ0n) is 6.86. The van der Waals surface area contributed by atoms with Crippen molar-refractivity contribution in [2.24, 2.45) is 0 Å². The Morgan fingerprint density at radius 1 is 1.33 bits per heavy atom. The molecule has 66 valence electrons. The minimum atomic E-state index is -0.0875. The first-order valence-corrected chi connectivity index (χ1v) is 5.96. The van der Waals surface area contributed by atoms with Crippen LogP contribution in [0.1, 0.15) is 29.4 Å². The van der Waals surface area contributed by atoms with Crippen LogP contribution in [0.2, 0.25) is 0 Å². The van der Waals surface area contributed by atoms with E-state index in [0.29, 0.717) is 0 Å². The Balaban J connectivity index is 2.14. The van der Waals surface area contributed by atoms with Crippen LogP contribution >= 0.6 is 0 Å². The topological polar surface area (TPSA) is 46.0 Å². The van der Waals surface area contributed by atoms with E-state index in [9.17, 15) is 5.11 Å². The number of aliphatic hydroxyl groups is 1. The van der Waals surface area contributed by atoms with Crippen molar-refractivity contribution in [3.63, 3.8) is 0 Å². The van der Waals surface area contributed by atoms with E-state index in [0.717, 1.165) is 32.1 Å². The molecule has 1 aliphatic carbocycles. The van der Waals surface area contributed by atoms with Crippen LogP contribution in [0.3, 0.4) is 0 Å². The molecule has 0 aromatic carbocycles. The monoisotopic (exact) mass is 232 g/mol. The second-order valence-corrected chi connectivity index (χ2v) is 4.99. The van der Waals surface area contributed by atoms with Crippen LogP contribution in [-0.2, 0) is 12.8 Å². The first-order valence-electron chi connectivity index (χ1n) is 4.34. The van der Waals surface area contributed by atoms with Gasteiger partial charge in [0.05, 0.1) is 0 Å². The fraction of sp³-hybridized carbons (Fsp3) is 0.750. The summed E-state index contributed by atoms with van der Waals surface area (Å²) in [5.74, 6) is 0. The summed E-state index contributed by atoms with van der Waals surface area (Å²) < 4.78 is 5.49. The number of fused-ring (bicyclic) bond motifs is 1. The summed E-state index contributed by atoms with van der Waals surface area (Å²) in [6.45, 7) is 0. The van der Waals surface area contributed by atoms with Gasteiger partial charge in [-0.2, -0.15) is 0 Å². The second kappa shape index (κ2) is 3.69. The Bertz CT molecular complexity index is 261. The molecule has 0 radical (unpaired) electrons. The summed E-state index contributed by atoms with van der Waals surface area (Å²) in [4.78, 5) is 0. The number of rotatable bonds is 0. The standard InChI is InChI=1S/C8H12N2OSe/c11-6-2-1-3-7-8(5-4-6)12-10-9-7/h6,11H,1-5H2. The summed E-state index contributed by atoms with van der Waals surface area (Å²) in [5, 5.41) is 13.6. The van der Waals surface area contributed by atoms with Crippen LogP contribution in [0.5, 0.6) is 0 Å². The molecule has 0 bridgehead atoms. The van der Waals surface area contributed by atoms with Crippen molar-refractivity contribution >= 4 is 14.7 Å². The maximum atomic E-state index is 9.46. The van der Waals surface area contributed by atoms with E-state index >= 15 is 0 Å². The number of hydrogen-bond acceptors (Lipinski definition) is 3. The van der Waals surface area contributed by atoms with Crippen molar-refractivity contribution in [2.75, 3.05) is 0 Å². The van der Waals surface area contributed by atoms with Crippen molar-refractivity contribution in [3.8, 4) is 0 Å². The average Bonchev–Trinajstić information content (AvgIpc) is 2.45. The third-order valence-corrected chi connectivity index (χ3v) is 4.02. The van der Waals surface area contributed by atoms with E-state index in [-0.39, 0.29) is 20.8 Å². The van der Waals surface area contributed by atoms with E-state index in [1.165, 1.54) is 10.1 Å². The quantitative estimate of drug-likeness (QED) is 0.647. The van der Waals surface area contributed by atoms with Gasteiger partial charge in [-0.3, -0.25) is 0 Å². The number of aryl methyl sites for hydroxylation is 2. The molecule has 0 fully saturated rings. The number of hydrogen-bond donors (Lipinski definition) is 1. The van der Waals surface area contributed by atoms with Gasteiger partial charge in [0, 0.05) is 0 Å². The SMILES string of the molecule is OC1CCCc2nn[se]c2CC1. The molecule has 1 heterocycles. The molecule has 1 aromatic rings. The van der Waals surface area contributed by atoms with E-state index in [2.05, 4.69) is 9.19 Å². The van der Waals surface area contributed by atoms with Crippen molar-refractivity contribution < 1.29 is 5.11 Å². The van der Waals surface area contributed by atoms with Crippen molar-refractivity contribution in [1.29, 1.82) is 0 Å². The van der Waals surface area contributed by atoms with Gasteiger partial charge in [-0.25, -0.2) is 0 Å². The van der Waals surface area contributed by atoms with Crippen LogP contribution < -0.4 is 0 Å². The molecule has 0 saturated heterocycles. The normalized spacial score (nSPS) is 24.2. The third kappa shape index (κ3) is 1.76. The van der Waals surface area contributed by atoms with Gasteiger partial charge in [0.15, 0.2) is 0 Å². The average molecular weight is 231 g/mol. The molecule has 1 atom stereocenters. The molecule has 0 amide bonds. The number of nitrogens with zero attached hydrogens (tertiary/aromatic N) is 2. The van der Waals surface area contributed by atoms with Gasteiger partial charge in [-0.15, -0.1) is 0 Å². The molecule has 1 aliphatic rings. The zero-order valence-corrected chi connectivity index (χ0v) is 8.58. The van der Waals surface area contributed by atoms with Gasteiger partial charge in [-0.1, -0.05) is 0 Å². The molecule has 1 unspecified atom stereocenters. The summed E-state index contributed by atoms with van der Waals surface area (Å²) in [5.41, 5.74) is 1.22. The molecule has 0 spiro atoms. The van der Waals surface area contributed by atoms with Gasteiger partial charge in [0.2, 0.25) is 0 Å². The molecular weight excluding hydrogens is 219 g/mol. The Labute approximate surface area is 77.8 Å². The molecular formula is C8H12N2OSe. The van der Waals surface area contributed by atoms with E-state index in [1.807, 2.05) is 0 Å². The minimum absolute atomic E-state index is 0.0875. The molecule has 0 aliphatic heterocycles. The Hall–Kier alpha value is -0.181.